The first kappa shape index (κ1) is 22.4. The predicted molar refractivity (Wildman–Crippen MR) is 124 cm³/mol. The van der Waals surface area contributed by atoms with Gasteiger partial charge in [-0.1, -0.05) is 30.3 Å². The highest BCUT2D eigenvalue weighted by Gasteiger charge is 2.41. The van der Waals surface area contributed by atoms with E-state index >= 15 is 0 Å². The quantitative estimate of drug-likeness (QED) is 0.561. The smallest absolute Gasteiger partial charge is 0.410 e. The van der Waals surface area contributed by atoms with Gasteiger partial charge < -0.3 is 15.2 Å². The van der Waals surface area contributed by atoms with Crippen LogP contribution in [0.1, 0.15) is 35.5 Å². The van der Waals surface area contributed by atoms with E-state index in [2.05, 4.69) is 15.3 Å². The van der Waals surface area contributed by atoms with Gasteiger partial charge >= 0.3 is 6.09 Å². The molecule has 1 aromatic carbocycles. The number of nitrogens with zero attached hydrogens (tertiary/aromatic N) is 3. The number of amides is 2. The fourth-order valence-electron chi connectivity index (χ4n) is 3.84. The summed E-state index contributed by atoms with van der Waals surface area (Å²) in [4.78, 5) is 36.9. The Morgan fingerprint density at radius 2 is 2.06 bits per heavy atom. The van der Waals surface area contributed by atoms with Gasteiger partial charge in [-0.25, -0.2) is 14.8 Å². The maximum absolute atomic E-state index is 13.1. The summed E-state index contributed by atoms with van der Waals surface area (Å²) in [6.45, 7) is 4.17. The maximum Gasteiger partial charge on any atom is 0.410 e. The second kappa shape index (κ2) is 9.76. The number of hydrogen-bond acceptors (Lipinski definition) is 8. The normalized spacial score (nSPS) is 18.0. The van der Waals surface area contributed by atoms with E-state index in [1.54, 1.807) is 6.92 Å². The summed E-state index contributed by atoms with van der Waals surface area (Å²) in [6, 6.07) is 9.24. The van der Waals surface area contributed by atoms with Gasteiger partial charge in [-0.3, -0.25) is 9.69 Å². The lowest BCUT2D eigenvalue weighted by Gasteiger charge is -2.22. The first-order valence-electron chi connectivity index (χ1n) is 10.3. The number of carbonyl (C=O) groups is 2. The number of aliphatic hydroxyl groups excluding tert-OH is 1. The number of aliphatic hydroxyl groups is 1. The van der Waals surface area contributed by atoms with Crippen LogP contribution in [0, 0.1) is 6.92 Å². The average molecular weight is 473 g/mol. The Morgan fingerprint density at radius 3 is 2.75 bits per heavy atom. The predicted octanol–water partition coefficient (Wildman–Crippen LogP) is 4.02. The van der Waals surface area contributed by atoms with E-state index in [1.807, 2.05) is 42.6 Å². The second-order valence-corrected chi connectivity index (χ2v) is 9.36. The molecule has 10 heteroatoms. The molecule has 3 heterocycles. The van der Waals surface area contributed by atoms with Gasteiger partial charge in [-0.05, 0) is 25.8 Å². The number of ether oxygens (including phenoxy) is 1. The zero-order valence-electron chi connectivity index (χ0n) is 17.8. The minimum absolute atomic E-state index is 0.0555. The minimum atomic E-state index is -0.641. The highest BCUT2D eigenvalue weighted by Crippen LogP contribution is 2.35. The van der Waals surface area contributed by atoms with E-state index in [0.29, 0.717) is 28.8 Å². The Morgan fingerprint density at radius 1 is 1.28 bits per heavy atom. The fraction of sp³-hybridized carbons (Fsp3) is 0.364. The van der Waals surface area contributed by atoms with Crippen LogP contribution in [0.25, 0.3) is 10.6 Å². The number of aryl methyl sites for hydroxylation is 1. The van der Waals surface area contributed by atoms with Crippen LogP contribution < -0.4 is 5.32 Å². The zero-order chi connectivity index (χ0) is 22.7. The number of rotatable bonds is 6. The van der Waals surface area contributed by atoms with Crippen molar-refractivity contribution in [2.24, 2.45) is 0 Å². The van der Waals surface area contributed by atoms with E-state index in [1.165, 1.54) is 27.6 Å². The van der Waals surface area contributed by atoms with Crippen LogP contribution in [0.15, 0.2) is 35.7 Å². The first-order valence-corrected chi connectivity index (χ1v) is 12.0. The van der Waals surface area contributed by atoms with Crippen LogP contribution in [0.5, 0.6) is 0 Å². The number of aromatic nitrogens is 2. The van der Waals surface area contributed by atoms with Crippen LogP contribution in [0.2, 0.25) is 0 Å². The summed E-state index contributed by atoms with van der Waals surface area (Å²) in [5, 5.41) is 15.1. The van der Waals surface area contributed by atoms with Crippen molar-refractivity contribution in [2.45, 2.75) is 38.8 Å². The SMILES string of the molecule is CCOC(=O)N1C[C@H](c2ccccc2)C[C@H]1C(=O)Nc1nc(-c2sc(CO)nc2C)cs1. The summed E-state index contributed by atoms with van der Waals surface area (Å²) in [7, 11) is 0. The molecule has 0 unspecified atom stereocenters. The molecular formula is C22H24N4O4S2. The molecule has 3 aromatic rings. The fourth-order valence-corrected chi connectivity index (χ4v) is 5.51. The second-order valence-electron chi connectivity index (χ2n) is 7.42. The molecule has 1 saturated heterocycles. The monoisotopic (exact) mass is 472 g/mol. The molecule has 2 atom stereocenters. The molecule has 0 radical (unpaired) electrons. The molecule has 0 bridgehead atoms. The standard InChI is InChI=1S/C22H24N4O4S2/c1-3-30-22(29)26-10-15(14-7-5-4-6-8-14)9-17(26)20(28)25-21-24-16(12-31-21)19-13(2)23-18(11-27)32-19/h4-8,12,15,17,27H,3,9-11H2,1-2H3,(H,24,25,28)/t15-,17+/m1/s1. The van der Waals surface area contributed by atoms with Crippen molar-refractivity contribution in [2.75, 3.05) is 18.5 Å². The third kappa shape index (κ3) is 4.67. The first-order chi connectivity index (χ1) is 15.5. The van der Waals surface area contributed by atoms with Gasteiger partial charge in [-0.2, -0.15) is 0 Å². The number of nitrogens with one attached hydrogen (secondary N) is 1. The molecule has 0 saturated carbocycles. The van der Waals surface area contributed by atoms with Gasteiger partial charge in [0.25, 0.3) is 0 Å². The van der Waals surface area contributed by atoms with Crippen LogP contribution in [-0.2, 0) is 16.1 Å². The number of likely N-dealkylation sites (tertiary alicyclic amines) is 1. The van der Waals surface area contributed by atoms with Crippen LogP contribution >= 0.6 is 22.7 Å². The third-order valence-corrected chi connectivity index (χ3v) is 7.24. The molecular weight excluding hydrogens is 448 g/mol. The highest BCUT2D eigenvalue weighted by atomic mass is 32.1. The van der Waals surface area contributed by atoms with Gasteiger partial charge in [-0.15, -0.1) is 22.7 Å². The van der Waals surface area contributed by atoms with Crippen molar-refractivity contribution in [1.82, 2.24) is 14.9 Å². The van der Waals surface area contributed by atoms with E-state index in [4.69, 9.17) is 4.74 Å². The molecule has 1 fully saturated rings. The Kier molecular flexibility index (Phi) is 6.83. The Bertz CT molecular complexity index is 1100. The molecule has 2 N–H and O–H groups in total. The number of hydrogen-bond donors (Lipinski definition) is 2. The van der Waals surface area contributed by atoms with Crippen LogP contribution in [-0.4, -0.2) is 51.2 Å². The van der Waals surface area contributed by atoms with Gasteiger partial charge in [0.2, 0.25) is 5.91 Å². The number of carbonyl (C=O) groups excluding carboxylic acids is 2. The molecule has 32 heavy (non-hydrogen) atoms. The van der Waals surface area contributed by atoms with Gasteiger partial charge in [0, 0.05) is 17.8 Å². The lowest BCUT2D eigenvalue weighted by Crippen LogP contribution is -2.43. The molecule has 1 aliphatic heterocycles. The van der Waals surface area contributed by atoms with Crippen LogP contribution in [0.4, 0.5) is 9.93 Å². The van der Waals surface area contributed by atoms with Crippen molar-refractivity contribution in [1.29, 1.82) is 0 Å². The Hall–Kier alpha value is -2.82. The van der Waals surface area contributed by atoms with E-state index in [-0.39, 0.29) is 25.0 Å². The van der Waals surface area contributed by atoms with Crippen molar-refractivity contribution >= 4 is 39.8 Å². The number of thiazole rings is 2. The molecule has 2 amide bonds. The lowest BCUT2D eigenvalue weighted by atomic mass is 9.96. The van der Waals surface area contributed by atoms with Gasteiger partial charge in [0.05, 0.1) is 29.5 Å². The van der Waals surface area contributed by atoms with Crippen molar-refractivity contribution in [3.63, 3.8) is 0 Å². The van der Waals surface area contributed by atoms with E-state index < -0.39 is 12.1 Å². The molecule has 4 rings (SSSR count). The summed E-state index contributed by atoms with van der Waals surface area (Å²) >= 11 is 2.69. The number of benzene rings is 1. The topological polar surface area (TPSA) is 105 Å². The Labute approximate surface area is 193 Å². The van der Waals surface area contributed by atoms with Gasteiger partial charge in [0.1, 0.15) is 11.0 Å². The molecule has 1 aliphatic rings. The summed E-state index contributed by atoms with van der Waals surface area (Å²) in [5.74, 6) is -0.227. The Balaban J connectivity index is 1.51. The number of anilines is 1. The maximum atomic E-state index is 13.1. The molecule has 8 nitrogen and oxygen atoms in total. The van der Waals surface area contributed by atoms with Crippen molar-refractivity contribution in [3.8, 4) is 10.6 Å². The molecule has 168 valence electrons. The molecule has 0 spiro atoms. The van der Waals surface area contributed by atoms with Crippen LogP contribution in [0.3, 0.4) is 0 Å². The van der Waals surface area contributed by atoms with Crippen molar-refractivity contribution < 1.29 is 19.4 Å². The molecule has 2 aromatic heterocycles. The zero-order valence-corrected chi connectivity index (χ0v) is 19.4. The van der Waals surface area contributed by atoms with E-state index in [0.717, 1.165) is 16.1 Å². The largest absolute Gasteiger partial charge is 0.450 e. The average Bonchev–Trinajstić information content (AvgIpc) is 3.52. The lowest BCUT2D eigenvalue weighted by molar-refractivity contribution is -0.120. The minimum Gasteiger partial charge on any atom is -0.450 e. The summed E-state index contributed by atoms with van der Waals surface area (Å²) < 4.78 is 5.20. The van der Waals surface area contributed by atoms with Crippen molar-refractivity contribution in [3.05, 3.63) is 52.0 Å². The molecule has 0 aliphatic carbocycles. The summed E-state index contributed by atoms with van der Waals surface area (Å²) in [5.41, 5.74) is 2.59. The van der Waals surface area contributed by atoms with E-state index in [9.17, 15) is 14.7 Å². The third-order valence-electron chi connectivity index (χ3n) is 5.32. The summed E-state index contributed by atoms with van der Waals surface area (Å²) in [6.07, 6.45) is 0.0310. The van der Waals surface area contributed by atoms with Gasteiger partial charge in [0.15, 0.2) is 5.13 Å². The highest BCUT2D eigenvalue weighted by molar-refractivity contribution is 7.17.